The van der Waals surface area contributed by atoms with Gasteiger partial charge in [-0.15, -0.1) is 0 Å². The fourth-order valence-corrected chi connectivity index (χ4v) is 3.20. The van der Waals surface area contributed by atoms with Crippen LogP contribution in [0, 0.1) is 0 Å². The highest BCUT2D eigenvalue weighted by Gasteiger charge is 2.13. The van der Waals surface area contributed by atoms with Crippen molar-refractivity contribution in [2.24, 2.45) is 0 Å². The van der Waals surface area contributed by atoms with Gasteiger partial charge in [-0.3, -0.25) is 9.89 Å². The van der Waals surface area contributed by atoms with Crippen LogP contribution in [0.15, 0.2) is 30.3 Å². The minimum Gasteiger partial charge on any atom is -0.382 e. The van der Waals surface area contributed by atoms with E-state index >= 15 is 0 Å². The first kappa shape index (κ1) is 16.6. The third-order valence-corrected chi connectivity index (χ3v) is 4.50. The van der Waals surface area contributed by atoms with E-state index in [2.05, 4.69) is 27.8 Å². The molecule has 5 nitrogen and oxygen atoms in total. The second-order valence-electron chi connectivity index (χ2n) is 6.54. The SMILES string of the molecule is CCCc1cc(C(=O)Nc2ccc(NC3CCCCC3)cc2)n[nH]1. The lowest BCUT2D eigenvalue weighted by Gasteiger charge is -2.23. The molecule has 3 rings (SSSR count). The van der Waals surface area contributed by atoms with Gasteiger partial charge in [0.25, 0.3) is 5.91 Å². The molecule has 0 unspecified atom stereocenters. The number of hydrogen-bond acceptors (Lipinski definition) is 3. The first-order valence-electron chi connectivity index (χ1n) is 8.97. The van der Waals surface area contributed by atoms with Crippen LogP contribution in [0.4, 0.5) is 11.4 Å². The maximum Gasteiger partial charge on any atom is 0.276 e. The van der Waals surface area contributed by atoms with E-state index in [1.165, 1.54) is 32.1 Å². The lowest BCUT2D eigenvalue weighted by Crippen LogP contribution is -2.22. The van der Waals surface area contributed by atoms with Gasteiger partial charge in [-0.05, 0) is 49.6 Å². The summed E-state index contributed by atoms with van der Waals surface area (Å²) in [4.78, 5) is 12.2. The van der Waals surface area contributed by atoms with Crippen LogP contribution >= 0.6 is 0 Å². The van der Waals surface area contributed by atoms with Crippen LogP contribution in [0.25, 0.3) is 0 Å². The zero-order chi connectivity index (χ0) is 16.8. The average Bonchev–Trinajstić information content (AvgIpc) is 3.07. The zero-order valence-electron chi connectivity index (χ0n) is 14.3. The summed E-state index contributed by atoms with van der Waals surface area (Å²) in [5.41, 5.74) is 3.33. The van der Waals surface area contributed by atoms with Crippen molar-refractivity contribution in [2.45, 2.75) is 57.9 Å². The minimum absolute atomic E-state index is 0.179. The van der Waals surface area contributed by atoms with Gasteiger partial charge in [-0.2, -0.15) is 5.10 Å². The predicted molar refractivity (Wildman–Crippen MR) is 97.5 cm³/mol. The van der Waals surface area contributed by atoms with Gasteiger partial charge in [0.15, 0.2) is 5.69 Å². The summed E-state index contributed by atoms with van der Waals surface area (Å²) in [5, 5.41) is 13.5. The predicted octanol–water partition coefficient (Wildman–Crippen LogP) is 4.36. The van der Waals surface area contributed by atoms with E-state index in [9.17, 15) is 4.79 Å². The Labute approximate surface area is 143 Å². The highest BCUT2D eigenvalue weighted by molar-refractivity contribution is 6.02. The van der Waals surface area contributed by atoms with Crippen molar-refractivity contribution in [2.75, 3.05) is 10.6 Å². The zero-order valence-corrected chi connectivity index (χ0v) is 14.3. The van der Waals surface area contributed by atoms with Gasteiger partial charge < -0.3 is 10.6 Å². The van der Waals surface area contributed by atoms with E-state index in [0.29, 0.717) is 11.7 Å². The summed E-state index contributed by atoms with van der Waals surface area (Å²) in [7, 11) is 0. The monoisotopic (exact) mass is 326 g/mol. The van der Waals surface area contributed by atoms with E-state index in [0.717, 1.165) is 29.9 Å². The Morgan fingerprint density at radius 2 is 1.88 bits per heavy atom. The molecule has 0 spiro atoms. The van der Waals surface area contributed by atoms with Gasteiger partial charge in [0, 0.05) is 23.1 Å². The van der Waals surface area contributed by atoms with Crippen molar-refractivity contribution < 1.29 is 4.79 Å². The van der Waals surface area contributed by atoms with Gasteiger partial charge in [0.05, 0.1) is 0 Å². The lowest BCUT2D eigenvalue weighted by molar-refractivity contribution is 0.102. The molecule has 1 aliphatic carbocycles. The number of aromatic nitrogens is 2. The number of aromatic amines is 1. The molecule has 0 atom stereocenters. The first-order valence-corrected chi connectivity index (χ1v) is 8.97. The number of amides is 1. The molecule has 1 aromatic heterocycles. The molecule has 0 saturated heterocycles. The van der Waals surface area contributed by atoms with Crippen LogP contribution < -0.4 is 10.6 Å². The Morgan fingerprint density at radius 1 is 1.17 bits per heavy atom. The van der Waals surface area contributed by atoms with Gasteiger partial charge in [-0.25, -0.2) is 0 Å². The molecular formula is C19H26N4O. The molecule has 1 fully saturated rings. The van der Waals surface area contributed by atoms with Crippen LogP contribution in [-0.4, -0.2) is 22.1 Å². The Balaban J connectivity index is 1.55. The molecule has 5 heteroatoms. The van der Waals surface area contributed by atoms with Crippen molar-refractivity contribution >= 4 is 17.3 Å². The number of hydrogen-bond donors (Lipinski definition) is 3. The standard InChI is InChI=1S/C19H26N4O/c1-2-6-17-13-18(23-22-17)19(24)21-16-11-9-15(10-12-16)20-14-7-4-3-5-8-14/h9-14,20H,2-8H2,1H3,(H,21,24)(H,22,23). The molecule has 1 aliphatic rings. The van der Waals surface area contributed by atoms with Crippen LogP contribution in [0.2, 0.25) is 0 Å². The number of benzene rings is 1. The van der Waals surface area contributed by atoms with Gasteiger partial charge in [0.2, 0.25) is 0 Å². The number of carbonyl (C=O) groups is 1. The molecule has 24 heavy (non-hydrogen) atoms. The maximum atomic E-state index is 12.2. The summed E-state index contributed by atoms with van der Waals surface area (Å²) in [6.45, 7) is 2.10. The van der Waals surface area contributed by atoms with Crippen LogP contribution in [0.3, 0.4) is 0 Å². The molecule has 0 radical (unpaired) electrons. The quantitative estimate of drug-likeness (QED) is 0.738. The van der Waals surface area contributed by atoms with Crippen molar-refractivity contribution in [3.63, 3.8) is 0 Å². The van der Waals surface area contributed by atoms with Crippen LogP contribution in [-0.2, 0) is 6.42 Å². The Morgan fingerprint density at radius 3 is 2.58 bits per heavy atom. The number of anilines is 2. The molecule has 0 bridgehead atoms. The summed E-state index contributed by atoms with van der Waals surface area (Å²) < 4.78 is 0. The van der Waals surface area contributed by atoms with Crippen molar-refractivity contribution in [1.29, 1.82) is 0 Å². The Kier molecular flexibility index (Phi) is 5.51. The first-order chi connectivity index (χ1) is 11.7. The number of carbonyl (C=O) groups excluding carboxylic acids is 1. The molecule has 1 saturated carbocycles. The number of rotatable bonds is 6. The summed E-state index contributed by atoms with van der Waals surface area (Å²) in [5.74, 6) is -0.179. The fourth-order valence-electron chi connectivity index (χ4n) is 3.20. The second kappa shape index (κ2) is 7.99. The average molecular weight is 326 g/mol. The van der Waals surface area contributed by atoms with Crippen LogP contribution in [0.1, 0.15) is 61.6 Å². The van der Waals surface area contributed by atoms with E-state index in [1.807, 2.05) is 30.3 Å². The molecule has 0 aliphatic heterocycles. The highest BCUT2D eigenvalue weighted by Crippen LogP contribution is 2.22. The highest BCUT2D eigenvalue weighted by atomic mass is 16.1. The summed E-state index contributed by atoms with van der Waals surface area (Å²) in [6.07, 6.45) is 8.41. The molecular weight excluding hydrogens is 300 g/mol. The second-order valence-corrected chi connectivity index (χ2v) is 6.54. The van der Waals surface area contributed by atoms with Gasteiger partial charge in [0.1, 0.15) is 0 Å². The fraction of sp³-hybridized carbons (Fsp3) is 0.474. The summed E-state index contributed by atoms with van der Waals surface area (Å²) in [6, 6.07) is 10.3. The molecule has 1 amide bonds. The van der Waals surface area contributed by atoms with E-state index in [-0.39, 0.29) is 5.91 Å². The third kappa shape index (κ3) is 4.37. The molecule has 1 heterocycles. The molecule has 128 valence electrons. The van der Waals surface area contributed by atoms with Crippen molar-refractivity contribution in [3.8, 4) is 0 Å². The largest absolute Gasteiger partial charge is 0.382 e. The van der Waals surface area contributed by atoms with Crippen molar-refractivity contribution in [3.05, 3.63) is 41.7 Å². The van der Waals surface area contributed by atoms with Crippen molar-refractivity contribution in [1.82, 2.24) is 10.2 Å². The molecule has 2 aromatic rings. The number of nitrogens with one attached hydrogen (secondary N) is 3. The smallest absolute Gasteiger partial charge is 0.276 e. The lowest BCUT2D eigenvalue weighted by atomic mass is 9.95. The molecule has 1 aromatic carbocycles. The minimum atomic E-state index is -0.179. The maximum absolute atomic E-state index is 12.2. The summed E-state index contributed by atoms with van der Waals surface area (Å²) >= 11 is 0. The van der Waals surface area contributed by atoms with E-state index in [4.69, 9.17) is 0 Å². The number of H-pyrrole nitrogens is 1. The number of aryl methyl sites for hydroxylation is 1. The van der Waals surface area contributed by atoms with E-state index < -0.39 is 0 Å². The Bertz CT molecular complexity index is 656. The number of nitrogens with zero attached hydrogens (tertiary/aromatic N) is 1. The third-order valence-electron chi connectivity index (χ3n) is 4.50. The normalized spacial score (nSPS) is 15.2. The van der Waals surface area contributed by atoms with Gasteiger partial charge >= 0.3 is 0 Å². The Hall–Kier alpha value is -2.30. The van der Waals surface area contributed by atoms with Crippen LogP contribution in [0.5, 0.6) is 0 Å². The van der Waals surface area contributed by atoms with E-state index in [1.54, 1.807) is 0 Å². The van der Waals surface area contributed by atoms with Gasteiger partial charge in [-0.1, -0.05) is 32.6 Å². The molecule has 3 N–H and O–H groups in total. The topological polar surface area (TPSA) is 69.8 Å².